The van der Waals surface area contributed by atoms with Crippen LogP contribution in [-0.4, -0.2) is 17.7 Å². The number of Topliss-reactive ketones (excluding diaryl/α,β-unsaturated/α-hetero) is 1. The van der Waals surface area contributed by atoms with Gasteiger partial charge < -0.3 is 26.0 Å². The van der Waals surface area contributed by atoms with Gasteiger partial charge in [0.25, 0.3) is 0 Å². The molecule has 0 atom stereocenters. The van der Waals surface area contributed by atoms with Gasteiger partial charge in [-0.1, -0.05) is 0 Å². The van der Waals surface area contributed by atoms with Gasteiger partial charge in [-0.15, -0.1) is 0 Å². The number of carboxylic acids is 2. The molecule has 0 saturated heterocycles. The minimum Gasteiger partial charge on any atom is -0.550 e. The Bertz CT molecular complexity index is 176. The minimum atomic E-state index is -1.86. The third-order valence-corrected chi connectivity index (χ3v) is 0.784. The zero-order valence-electron chi connectivity index (χ0n) is 5.66. The van der Waals surface area contributed by atoms with Crippen molar-refractivity contribution < 1.29 is 24.6 Å². The summed E-state index contributed by atoms with van der Waals surface area (Å²) in [5, 5.41) is 19.3. The zero-order chi connectivity index (χ0) is 8.15. The highest BCUT2D eigenvalue weighted by Crippen LogP contribution is 1.87. The molecule has 0 amide bonds. The average molecular weight is 161 g/mol. The molecule has 64 valence electrons. The molecule has 0 aromatic carbocycles. The lowest BCUT2D eigenvalue weighted by atomic mass is 10.2. The van der Waals surface area contributed by atoms with Crippen LogP contribution in [0.15, 0.2) is 0 Å². The second-order valence-electron chi connectivity index (χ2n) is 1.58. The Morgan fingerprint density at radius 2 is 1.45 bits per heavy atom. The van der Waals surface area contributed by atoms with Gasteiger partial charge >= 0.3 is 0 Å². The number of hydrogen-bond acceptors (Lipinski definition) is 6. The molecule has 6 nitrogen and oxygen atoms in total. The molecule has 0 saturated carbocycles. The van der Waals surface area contributed by atoms with E-state index in [0.29, 0.717) is 0 Å². The van der Waals surface area contributed by atoms with E-state index in [2.05, 4.69) is 0 Å². The maximum Gasteiger partial charge on any atom is 0.178 e. The molecule has 11 heavy (non-hydrogen) atoms. The highest BCUT2D eigenvalue weighted by molar-refractivity contribution is 6.31. The first-order chi connectivity index (χ1) is 4.54. The summed E-state index contributed by atoms with van der Waals surface area (Å²) in [6, 6.07) is 0. The van der Waals surface area contributed by atoms with E-state index in [9.17, 15) is 24.6 Å². The molecule has 0 aliphatic carbocycles. The molecule has 0 rings (SSSR count). The van der Waals surface area contributed by atoms with Gasteiger partial charge in [-0.05, 0) is 6.42 Å². The number of carboxylic acid groups (broad SMARTS) is 2. The average Bonchev–Trinajstić information content (AvgIpc) is 1.82. The van der Waals surface area contributed by atoms with Crippen molar-refractivity contribution in [3.05, 3.63) is 0 Å². The lowest BCUT2D eigenvalue weighted by molar-refractivity contribution is -0.306. The second kappa shape index (κ2) is 5.36. The van der Waals surface area contributed by atoms with E-state index in [4.69, 9.17) is 0 Å². The van der Waals surface area contributed by atoms with Crippen molar-refractivity contribution >= 4 is 17.7 Å². The smallest absolute Gasteiger partial charge is 0.178 e. The molecular weight excluding hydrogens is 154 g/mol. The molecule has 0 aromatic heterocycles. The van der Waals surface area contributed by atoms with Crippen molar-refractivity contribution in [1.82, 2.24) is 6.15 Å². The normalized spacial score (nSPS) is 8.00. The summed E-state index contributed by atoms with van der Waals surface area (Å²) >= 11 is 0. The number of rotatable bonds is 4. The Balaban J connectivity index is 0. The van der Waals surface area contributed by atoms with Crippen molar-refractivity contribution in [2.75, 3.05) is 0 Å². The van der Waals surface area contributed by atoms with Gasteiger partial charge in [0.15, 0.2) is 5.78 Å². The van der Waals surface area contributed by atoms with Crippen LogP contribution in [0.25, 0.3) is 0 Å². The molecule has 3 N–H and O–H groups in total. The topological polar surface area (TPSA) is 132 Å². The summed E-state index contributed by atoms with van der Waals surface area (Å²) in [6.45, 7) is 0. The molecule has 0 unspecified atom stereocenters. The molecule has 0 aliphatic rings. The fourth-order valence-corrected chi connectivity index (χ4v) is 0.318. The third-order valence-electron chi connectivity index (χ3n) is 0.784. The van der Waals surface area contributed by atoms with Crippen LogP contribution >= 0.6 is 0 Å². The summed E-state index contributed by atoms with van der Waals surface area (Å²) in [7, 11) is 0. The maximum absolute atomic E-state index is 10.1. The number of aliphatic carboxylic acids is 2. The maximum atomic E-state index is 10.1. The van der Waals surface area contributed by atoms with Gasteiger partial charge in [0.05, 0.1) is 0 Å². The van der Waals surface area contributed by atoms with Gasteiger partial charge in [-0.2, -0.15) is 0 Å². The lowest BCUT2D eigenvalue weighted by Gasteiger charge is -2.00. The van der Waals surface area contributed by atoms with Crippen molar-refractivity contribution in [1.29, 1.82) is 0 Å². The number of carbonyl (C=O) groups is 3. The molecular formula is C5H7NO5-2. The number of ketones is 1. The first kappa shape index (κ1) is 12.3. The van der Waals surface area contributed by atoms with E-state index >= 15 is 0 Å². The molecule has 0 radical (unpaired) electrons. The highest BCUT2D eigenvalue weighted by atomic mass is 16.4. The summed E-state index contributed by atoms with van der Waals surface area (Å²) < 4.78 is 0. The van der Waals surface area contributed by atoms with E-state index in [0.717, 1.165) is 0 Å². The SMILES string of the molecule is N.O=C([O-])CCC(=O)C(=O)[O-]. The van der Waals surface area contributed by atoms with Crippen LogP contribution in [0.5, 0.6) is 0 Å². The summed E-state index contributed by atoms with van der Waals surface area (Å²) in [6.07, 6.45) is -1.14. The predicted molar refractivity (Wildman–Crippen MR) is 29.3 cm³/mol. The van der Waals surface area contributed by atoms with Crippen LogP contribution < -0.4 is 16.4 Å². The monoisotopic (exact) mass is 161 g/mol. The number of hydrogen-bond donors (Lipinski definition) is 1. The first-order valence-electron chi connectivity index (χ1n) is 2.48. The second-order valence-corrected chi connectivity index (χ2v) is 1.58. The van der Waals surface area contributed by atoms with E-state index in [-0.39, 0.29) is 6.15 Å². The van der Waals surface area contributed by atoms with Crippen LogP contribution in [0, 0.1) is 0 Å². The molecule has 0 aromatic rings. The predicted octanol–water partition coefficient (Wildman–Crippen LogP) is -3.00. The lowest BCUT2D eigenvalue weighted by Crippen LogP contribution is -2.33. The fourth-order valence-electron chi connectivity index (χ4n) is 0.318. The standard InChI is InChI=1S/C5H6O5.H3N/c6-3(5(9)10)1-2-4(7)8;/h1-2H2,(H,7,8)(H,9,10);1H3/p-2. The van der Waals surface area contributed by atoms with Crippen molar-refractivity contribution in [2.24, 2.45) is 0 Å². The molecule has 0 spiro atoms. The Morgan fingerprint density at radius 3 is 1.73 bits per heavy atom. The van der Waals surface area contributed by atoms with Gasteiger partial charge in [0, 0.05) is 12.4 Å². The molecule has 0 fully saturated rings. The summed E-state index contributed by atoms with van der Waals surface area (Å²) in [5.41, 5.74) is 0. The Labute approximate surface area is 62.4 Å². The minimum absolute atomic E-state index is 0. The van der Waals surface area contributed by atoms with Crippen LogP contribution in [0.2, 0.25) is 0 Å². The largest absolute Gasteiger partial charge is 0.550 e. The van der Waals surface area contributed by atoms with Crippen molar-refractivity contribution in [2.45, 2.75) is 12.8 Å². The quantitative estimate of drug-likeness (QED) is 0.437. The van der Waals surface area contributed by atoms with E-state index < -0.39 is 30.6 Å². The van der Waals surface area contributed by atoms with E-state index in [1.807, 2.05) is 0 Å². The first-order valence-corrected chi connectivity index (χ1v) is 2.48. The Hall–Kier alpha value is -1.43. The van der Waals surface area contributed by atoms with Crippen LogP contribution in [0.3, 0.4) is 0 Å². The van der Waals surface area contributed by atoms with Crippen molar-refractivity contribution in [3.8, 4) is 0 Å². The summed E-state index contributed by atoms with van der Waals surface area (Å²) in [5.74, 6) is -4.53. The fraction of sp³-hybridized carbons (Fsp3) is 0.400. The van der Waals surface area contributed by atoms with Gasteiger partial charge in [-0.3, -0.25) is 4.79 Å². The zero-order valence-corrected chi connectivity index (χ0v) is 5.66. The Kier molecular flexibility index (Phi) is 5.98. The van der Waals surface area contributed by atoms with Crippen molar-refractivity contribution in [3.63, 3.8) is 0 Å². The molecule has 0 bridgehead atoms. The molecule has 6 heteroatoms. The van der Waals surface area contributed by atoms with Gasteiger partial charge in [0.1, 0.15) is 5.97 Å². The summed E-state index contributed by atoms with van der Waals surface area (Å²) in [4.78, 5) is 29.4. The van der Waals surface area contributed by atoms with Gasteiger partial charge in [0.2, 0.25) is 0 Å². The third kappa shape index (κ3) is 6.46. The Morgan fingerprint density at radius 1 is 1.00 bits per heavy atom. The van der Waals surface area contributed by atoms with E-state index in [1.54, 1.807) is 0 Å². The van der Waals surface area contributed by atoms with Crippen LogP contribution in [-0.2, 0) is 14.4 Å². The highest BCUT2D eigenvalue weighted by Gasteiger charge is 2.00. The number of carbonyl (C=O) groups excluding carboxylic acids is 3. The van der Waals surface area contributed by atoms with Crippen LogP contribution in [0.4, 0.5) is 0 Å². The van der Waals surface area contributed by atoms with Crippen LogP contribution in [0.1, 0.15) is 12.8 Å². The van der Waals surface area contributed by atoms with Gasteiger partial charge in [-0.25, -0.2) is 0 Å². The molecule has 0 heterocycles. The molecule has 0 aliphatic heterocycles. The van der Waals surface area contributed by atoms with E-state index in [1.165, 1.54) is 0 Å².